The van der Waals surface area contributed by atoms with Crippen molar-refractivity contribution in [2.75, 3.05) is 26.8 Å². The summed E-state index contributed by atoms with van der Waals surface area (Å²) in [6.07, 6.45) is 0.668. The Hall–Kier alpha value is -2.07. The molecular formula is C17H20FNO2. The summed E-state index contributed by atoms with van der Waals surface area (Å²) in [6.45, 7) is 1.96. The first-order valence-corrected chi connectivity index (χ1v) is 7.01. The molecule has 3 nitrogen and oxygen atoms in total. The van der Waals surface area contributed by atoms with E-state index in [1.807, 2.05) is 36.4 Å². The highest BCUT2D eigenvalue weighted by molar-refractivity contribution is 5.39. The number of nitrogens with one attached hydrogen (secondary N) is 1. The Labute approximate surface area is 124 Å². The smallest absolute Gasteiger partial charge is 0.161 e. The summed E-state index contributed by atoms with van der Waals surface area (Å²) in [4.78, 5) is 0. The van der Waals surface area contributed by atoms with Crippen molar-refractivity contribution >= 4 is 0 Å². The van der Waals surface area contributed by atoms with E-state index in [9.17, 15) is 4.39 Å². The molecule has 4 heteroatoms. The van der Waals surface area contributed by atoms with Crippen molar-refractivity contribution in [1.82, 2.24) is 5.32 Å². The van der Waals surface area contributed by atoms with E-state index in [-0.39, 0.29) is 5.82 Å². The van der Waals surface area contributed by atoms with Gasteiger partial charge in [-0.15, -0.1) is 0 Å². The Balaban J connectivity index is 1.65. The largest absolute Gasteiger partial charge is 0.493 e. The molecule has 0 aliphatic heterocycles. The fraction of sp³-hybridized carbons (Fsp3) is 0.294. The van der Waals surface area contributed by atoms with E-state index in [0.717, 1.165) is 23.6 Å². The first kappa shape index (κ1) is 15.3. The van der Waals surface area contributed by atoms with Crippen molar-refractivity contribution in [3.05, 3.63) is 59.9 Å². The molecule has 0 saturated carbocycles. The van der Waals surface area contributed by atoms with Crippen LogP contribution in [0.1, 0.15) is 5.56 Å². The third-order valence-electron chi connectivity index (χ3n) is 3.13. The van der Waals surface area contributed by atoms with Crippen molar-refractivity contribution < 1.29 is 13.9 Å². The van der Waals surface area contributed by atoms with Gasteiger partial charge < -0.3 is 14.8 Å². The van der Waals surface area contributed by atoms with Gasteiger partial charge in [-0.2, -0.15) is 0 Å². The Morgan fingerprint density at radius 1 is 0.952 bits per heavy atom. The SMILES string of the molecule is COc1ccccc1OCCNCCc1ccccc1F. The Kier molecular flexibility index (Phi) is 6.03. The molecule has 0 unspecified atom stereocenters. The third-order valence-corrected chi connectivity index (χ3v) is 3.13. The summed E-state index contributed by atoms with van der Waals surface area (Å²) in [5.74, 6) is 1.31. The molecule has 0 heterocycles. The molecule has 2 aromatic carbocycles. The van der Waals surface area contributed by atoms with Crippen LogP contribution in [0.25, 0.3) is 0 Å². The van der Waals surface area contributed by atoms with Crippen LogP contribution < -0.4 is 14.8 Å². The standard InChI is InChI=1S/C17H20FNO2/c1-20-16-8-4-5-9-17(16)21-13-12-19-11-10-14-6-2-3-7-15(14)18/h2-9,19H,10-13H2,1H3. The molecule has 0 aromatic heterocycles. The molecule has 0 spiro atoms. The number of ether oxygens (including phenoxy) is 2. The van der Waals surface area contributed by atoms with E-state index in [2.05, 4.69) is 5.32 Å². The average molecular weight is 289 g/mol. The Morgan fingerprint density at radius 3 is 2.43 bits per heavy atom. The van der Waals surface area contributed by atoms with E-state index in [1.165, 1.54) is 6.07 Å². The van der Waals surface area contributed by atoms with Gasteiger partial charge in [-0.05, 0) is 36.7 Å². The summed E-state index contributed by atoms with van der Waals surface area (Å²) in [5.41, 5.74) is 0.732. The van der Waals surface area contributed by atoms with Crippen molar-refractivity contribution in [3.8, 4) is 11.5 Å². The van der Waals surface area contributed by atoms with Crippen LogP contribution >= 0.6 is 0 Å². The van der Waals surface area contributed by atoms with Gasteiger partial charge in [0.25, 0.3) is 0 Å². The Bertz CT molecular complexity index is 560. The second-order valence-corrected chi connectivity index (χ2v) is 4.59. The minimum absolute atomic E-state index is 0.149. The molecule has 0 amide bonds. The van der Waals surface area contributed by atoms with Crippen LogP contribution in [-0.2, 0) is 6.42 Å². The molecule has 0 radical (unpaired) electrons. The first-order chi connectivity index (χ1) is 10.3. The third kappa shape index (κ3) is 4.76. The summed E-state index contributed by atoms with van der Waals surface area (Å²) >= 11 is 0. The lowest BCUT2D eigenvalue weighted by Crippen LogP contribution is -2.23. The van der Waals surface area contributed by atoms with Gasteiger partial charge in [0.15, 0.2) is 11.5 Å². The van der Waals surface area contributed by atoms with Crippen molar-refractivity contribution in [2.24, 2.45) is 0 Å². The van der Waals surface area contributed by atoms with Crippen molar-refractivity contribution in [1.29, 1.82) is 0 Å². The molecule has 0 bridgehead atoms. The number of para-hydroxylation sites is 2. The number of hydrogen-bond donors (Lipinski definition) is 1. The highest BCUT2D eigenvalue weighted by atomic mass is 19.1. The topological polar surface area (TPSA) is 30.5 Å². The fourth-order valence-corrected chi connectivity index (χ4v) is 2.02. The molecule has 0 atom stereocenters. The normalized spacial score (nSPS) is 10.4. The summed E-state index contributed by atoms with van der Waals surface area (Å²) in [7, 11) is 1.62. The van der Waals surface area contributed by atoms with E-state index < -0.39 is 0 Å². The predicted octanol–water partition coefficient (Wildman–Crippen LogP) is 3.05. The van der Waals surface area contributed by atoms with E-state index in [1.54, 1.807) is 13.2 Å². The lowest BCUT2D eigenvalue weighted by Gasteiger charge is -2.11. The molecule has 112 valence electrons. The fourth-order valence-electron chi connectivity index (χ4n) is 2.02. The van der Waals surface area contributed by atoms with Gasteiger partial charge in [0.1, 0.15) is 12.4 Å². The monoisotopic (exact) mass is 289 g/mol. The lowest BCUT2D eigenvalue weighted by molar-refractivity contribution is 0.292. The van der Waals surface area contributed by atoms with E-state index in [0.29, 0.717) is 19.6 Å². The maximum absolute atomic E-state index is 13.4. The van der Waals surface area contributed by atoms with Gasteiger partial charge in [0.05, 0.1) is 7.11 Å². The second kappa shape index (κ2) is 8.27. The van der Waals surface area contributed by atoms with Crippen molar-refractivity contribution in [3.63, 3.8) is 0 Å². The zero-order valence-electron chi connectivity index (χ0n) is 12.1. The summed E-state index contributed by atoms with van der Waals surface area (Å²) in [6, 6.07) is 14.4. The molecule has 0 aliphatic rings. The minimum Gasteiger partial charge on any atom is -0.493 e. The number of hydrogen-bond acceptors (Lipinski definition) is 3. The number of halogens is 1. The zero-order valence-corrected chi connectivity index (χ0v) is 12.1. The number of benzene rings is 2. The van der Waals surface area contributed by atoms with Crippen LogP contribution in [0, 0.1) is 5.82 Å². The summed E-state index contributed by atoms with van der Waals surface area (Å²) in [5, 5.41) is 3.24. The van der Waals surface area contributed by atoms with Gasteiger partial charge in [-0.1, -0.05) is 30.3 Å². The molecule has 2 rings (SSSR count). The van der Waals surface area contributed by atoms with Gasteiger partial charge in [-0.25, -0.2) is 4.39 Å². The first-order valence-electron chi connectivity index (χ1n) is 7.01. The van der Waals surface area contributed by atoms with Gasteiger partial charge in [0.2, 0.25) is 0 Å². The average Bonchev–Trinajstić information content (AvgIpc) is 2.52. The van der Waals surface area contributed by atoms with Gasteiger partial charge in [0, 0.05) is 6.54 Å². The number of methoxy groups -OCH3 is 1. The van der Waals surface area contributed by atoms with Crippen LogP contribution in [0.3, 0.4) is 0 Å². The van der Waals surface area contributed by atoms with Gasteiger partial charge >= 0.3 is 0 Å². The molecular weight excluding hydrogens is 269 g/mol. The van der Waals surface area contributed by atoms with E-state index >= 15 is 0 Å². The van der Waals surface area contributed by atoms with Crippen LogP contribution in [0.15, 0.2) is 48.5 Å². The molecule has 0 aliphatic carbocycles. The zero-order chi connectivity index (χ0) is 14.9. The highest BCUT2D eigenvalue weighted by Gasteiger charge is 2.02. The van der Waals surface area contributed by atoms with Gasteiger partial charge in [-0.3, -0.25) is 0 Å². The lowest BCUT2D eigenvalue weighted by atomic mass is 10.1. The van der Waals surface area contributed by atoms with Crippen LogP contribution in [0.2, 0.25) is 0 Å². The Morgan fingerprint density at radius 2 is 1.67 bits per heavy atom. The number of rotatable bonds is 8. The molecule has 2 aromatic rings. The molecule has 0 saturated heterocycles. The molecule has 0 fully saturated rings. The summed E-state index contributed by atoms with van der Waals surface area (Å²) < 4.78 is 24.3. The van der Waals surface area contributed by atoms with E-state index in [4.69, 9.17) is 9.47 Å². The minimum atomic E-state index is -0.149. The van der Waals surface area contributed by atoms with Crippen LogP contribution in [0.5, 0.6) is 11.5 Å². The van der Waals surface area contributed by atoms with Crippen LogP contribution in [0.4, 0.5) is 4.39 Å². The van der Waals surface area contributed by atoms with Crippen molar-refractivity contribution in [2.45, 2.75) is 6.42 Å². The predicted molar refractivity (Wildman–Crippen MR) is 81.5 cm³/mol. The van der Waals surface area contributed by atoms with Crippen LogP contribution in [-0.4, -0.2) is 26.8 Å². The second-order valence-electron chi connectivity index (χ2n) is 4.59. The quantitative estimate of drug-likeness (QED) is 0.758. The molecule has 1 N–H and O–H groups in total. The highest BCUT2D eigenvalue weighted by Crippen LogP contribution is 2.25. The molecule has 21 heavy (non-hydrogen) atoms. The maximum atomic E-state index is 13.4. The maximum Gasteiger partial charge on any atom is 0.161 e.